The van der Waals surface area contributed by atoms with Gasteiger partial charge in [-0.1, -0.05) is 30.3 Å². The lowest BCUT2D eigenvalue weighted by Crippen LogP contribution is -2.12. The lowest BCUT2D eigenvalue weighted by Gasteiger charge is -2.08. The number of nitrogens with two attached hydrogens (primary N) is 1. The highest BCUT2D eigenvalue weighted by Gasteiger charge is 2.09. The molecule has 0 fully saturated rings. The van der Waals surface area contributed by atoms with Crippen LogP contribution in [0.3, 0.4) is 0 Å². The number of carbonyl (C=O) groups excluding carboxylic acids is 1. The third kappa shape index (κ3) is 2.28. The summed E-state index contributed by atoms with van der Waals surface area (Å²) in [7, 11) is 1.61. The van der Waals surface area contributed by atoms with Gasteiger partial charge < -0.3 is 10.5 Å². The van der Waals surface area contributed by atoms with Crippen LogP contribution in [0.2, 0.25) is 0 Å². The molecule has 0 unspecified atom stereocenters. The maximum Gasteiger partial charge on any atom is 0.249 e. The van der Waals surface area contributed by atoms with Gasteiger partial charge in [0.1, 0.15) is 5.75 Å². The largest absolute Gasteiger partial charge is 0.497 e. The second-order valence-corrected chi connectivity index (χ2v) is 3.64. The van der Waals surface area contributed by atoms with Crippen LogP contribution in [0.4, 0.5) is 0 Å². The zero-order chi connectivity index (χ0) is 12.3. The fourth-order valence-electron chi connectivity index (χ4n) is 1.74. The number of amides is 1. The van der Waals surface area contributed by atoms with Gasteiger partial charge in [-0.05, 0) is 29.3 Å². The first-order valence-corrected chi connectivity index (χ1v) is 5.25. The van der Waals surface area contributed by atoms with Crippen molar-refractivity contribution in [2.24, 2.45) is 5.73 Å². The minimum Gasteiger partial charge on any atom is -0.497 e. The molecule has 2 aromatic carbocycles. The van der Waals surface area contributed by atoms with E-state index in [0.29, 0.717) is 5.56 Å². The van der Waals surface area contributed by atoms with Crippen molar-refractivity contribution in [3.8, 4) is 16.9 Å². The highest BCUT2D eigenvalue weighted by molar-refractivity contribution is 5.99. The van der Waals surface area contributed by atoms with E-state index < -0.39 is 5.91 Å². The number of benzene rings is 2. The van der Waals surface area contributed by atoms with Crippen LogP contribution in [0.15, 0.2) is 48.5 Å². The molecule has 0 saturated heterocycles. The molecule has 0 bridgehead atoms. The molecular formula is C14H13NO2. The summed E-state index contributed by atoms with van der Waals surface area (Å²) in [5, 5.41) is 0. The fraction of sp³-hybridized carbons (Fsp3) is 0.0714. The number of carbonyl (C=O) groups is 1. The standard InChI is InChI=1S/C14H13NO2/c1-17-11-6-4-5-10(9-11)12-7-2-3-8-13(12)14(15)16/h2-9H,1H3,(H2,15,16). The van der Waals surface area contributed by atoms with Gasteiger partial charge in [0.2, 0.25) is 5.91 Å². The predicted molar refractivity (Wildman–Crippen MR) is 66.9 cm³/mol. The molecule has 3 heteroatoms. The van der Waals surface area contributed by atoms with Crippen molar-refractivity contribution in [2.75, 3.05) is 7.11 Å². The Morgan fingerprint density at radius 1 is 1.12 bits per heavy atom. The van der Waals surface area contributed by atoms with E-state index in [-0.39, 0.29) is 0 Å². The molecule has 0 aliphatic rings. The smallest absolute Gasteiger partial charge is 0.249 e. The normalized spacial score (nSPS) is 9.94. The molecule has 1 amide bonds. The van der Waals surface area contributed by atoms with Crippen LogP contribution >= 0.6 is 0 Å². The molecule has 0 aliphatic heterocycles. The number of ether oxygens (including phenoxy) is 1. The Labute approximate surface area is 99.8 Å². The topological polar surface area (TPSA) is 52.3 Å². The van der Waals surface area contributed by atoms with Crippen LogP contribution in [-0.2, 0) is 0 Å². The van der Waals surface area contributed by atoms with E-state index in [1.54, 1.807) is 19.2 Å². The summed E-state index contributed by atoms with van der Waals surface area (Å²) in [5.41, 5.74) is 7.60. The van der Waals surface area contributed by atoms with Gasteiger partial charge in [0.25, 0.3) is 0 Å². The van der Waals surface area contributed by atoms with Crippen LogP contribution in [0.1, 0.15) is 10.4 Å². The van der Waals surface area contributed by atoms with Gasteiger partial charge in [-0.25, -0.2) is 0 Å². The zero-order valence-corrected chi connectivity index (χ0v) is 9.51. The van der Waals surface area contributed by atoms with Gasteiger partial charge in [-0.3, -0.25) is 4.79 Å². The molecule has 0 heterocycles. The van der Waals surface area contributed by atoms with Gasteiger partial charge in [-0.2, -0.15) is 0 Å². The molecule has 0 aromatic heterocycles. The van der Waals surface area contributed by atoms with E-state index in [9.17, 15) is 4.79 Å². The maximum atomic E-state index is 11.3. The summed E-state index contributed by atoms with van der Waals surface area (Å²) in [6, 6.07) is 14.8. The minimum absolute atomic E-state index is 0.427. The highest BCUT2D eigenvalue weighted by Crippen LogP contribution is 2.26. The number of rotatable bonds is 3. The number of hydrogen-bond donors (Lipinski definition) is 1. The third-order valence-electron chi connectivity index (χ3n) is 2.57. The van der Waals surface area contributed by atoms with E-state index >= 15 is 0 Å². The first kappa shape index (κ1) is 11.2. The average molecular weight is 227 g/mol. The van der Waals surface area contributed by atoms with Gasteiger partial charge in [0.05, 0.1) is 7.11 Å². The second kappa shape index (κ2) is 4.70. The van der Waals surface area contributed by atoms with E-state index in [1.807, 2.05) is 36.4 Å². The Kier molecular flexibility index (Phi) is 3.10. The Bertz CT molecular complexity index is 549. The molecule has 0 atom stereocenters. The summed E-state index contributed by atoms with van der Waals surface area (Å²) in [6.07, 6.45) is 0. The Balaban J connectivity index is 2.56. The fourth-order valence-corrected chi connectivity index (χ4v) is 1.74. The SMILES string of the molecule is COc1cccc(-c2ccccc2C(N)=O)c1. The summed E-state index contributed by atoms with van der Waals surface area (Å²) in [6.45, 7) is 0. The maximum absolute atomic E-state index is 11.3. The van der Waals surface area contributed by atoms with Crippen molar-refractivity contribution in [3.63, 3.8) is 0 Å². The van der Waals surface area contributed by atoms with Crippen molar-refractivity contribution >= 4 is 5.91 Å². The molecule has 2 N–H and O–H groups in total. The molecule has 86 valence electrons. The van der Waals surface area contributed by atoms with E-state index in [4.69, 9.17) is 10.5 Å². The summed E-state index contributed by atoms with van der Waals surface area (Å²) in [5.74, 6) is 0.324. The Morgan fingerprint density at radius 2 is 1.88 bits per heavy atom. The Hall–Kier alpha value is -2.29. The molecule has 2 aromatic rings. The predicted octanol–water partition coefficient (Wildman–Crippen LogP) is 2.46. The zero-order valence-electron chi connectivity index (χ0n) is 9.51. The van der Waals surface area contributed by atoms with E-state index in [2.05, 4.69) is 0 Å². The quantitative estimate of drug-likeness (QED) is 0.875. The van der Waals surface area contributed by atoms with Crippen LogP contribution in [0, 0.1) is 0 Å². The molecule has 2 rings (SSSR count). The molecule has 0 aliphatic carbocycles. The first-order valence-electron chi connectivity index (χ1n) is 5.25. The average Bonchev–Trinajstić information content (AvgIpc) is 2.39. The van der Waals surface area contributed by atoms with Gasteiger partial charge in [0.15, 0.2) is 0 Å². The Morgan fingerprint density at radius 3 is 2.59 bits per heavy atom. The molecule has 0 saturated carbocycles. The summed E-state index contributed by atoms with van der Waals surface area (Å²) >= 11 is 0. The molecular weight excluding hydrogens is 214 g/mol. The molecule has 0 spiro atoms. The van der Waals surface area contributed by atoms with Gasteiger partial charge in [0, 0.05) is 5.56 Å². The molecule has 0 radical (unpaired) electrons. The molecule has 3 nitrogen and oxygen atoms in total. The van der Waals surface area contributed by atoms with Crippen molar-refractivity contribution in [3.05, 3.63) is 54.1 Å². The highest BCUT2D eigenvalue weighted by atomic mass is 16.5. The first-order chi connectivity index (χ1) is 8.22. The number of methoxy groups -OCH3 is 1. The van der Waals surface area contributed by atoms with Gasteiger partial charge in [-0.15, -0.1) is 0 Å². The van der Waals surface area contributed by atoms with Crippen molar-refractivity contribution in [2.45, 2.75) is 0 Å². The van der Waals surface area contributed by atoms with Crippen LogP contribution in [-0.4, -0.2) is 13.0 Å². The lowest BCUT2D eigenvalue weighted by molar-refractivity contribution is 0.100. The van der Waals surface area contributed by atoms with E-state index in [1.165, 1.54) is 0 Å². The monoisotopic (exact) mass is 227 g/mol. The summed E-state index contributed by atoms with van der Waals surface area (Å²) in [4.78, 5) is 11.3. The van der Waals surface area contributed by atoms with Gasteiger partial charge >= 0.3 is 0 Å². The van der Waals surface area contributed by atoms with Crippen molar-refractivity contribution in [1.29, 1.82) is 0 Å². The van der Waals surface area contributed by atoms with Crippen LogP contribution in [0.5, 0.6) is 5.75 Å². The molecule has 17 heavy (non-hydrogen) atoms. The second-order valence-electron chi connectivity index (χ2n) is 3.64. The van der Waals surface area contributed by atoms with Crippen LogP contribution in [0.25, 0.3) is 11.1 Å². The number of hydrogen-bond acceptors (Lipinski definition) is 2. The number of primary amides is 1. The third-order valence-corrected chi connectivity index (χ3v) is 2.57. The lowest BCUT2D eigenvalue weighted by atomic mass is 9.99. The van der Waals surface area contributed by atoms with Crippen molar-refractivity contribution in [1.82, 2.24) is 0 Å². The van der Waals surface area contributed by atoms with Crippen LogP contribution < -0.4 is 10.5 Å². The van der Waals surface area contributed by atoms with Crippen molar-refractivity contribution < 1.29 is 9.53 Å². The minimum atomic E-state index is -0.427. The summed E-state index contributed by atoms with van der Waals surface area (Å²) < 4.78 is 5.16. The van der Waals surface area contributed by atoms with E-state index in [0.717, 1.165) is 16.9 Å².